The highest BCUT2D eigenvalue weighted by atomic mass is 16.8. The third-order valence-corrected chi connectivity index (χ3v) is 5.90. The van der Waals surface area contributed by atoms with Gasteiger partial charge in [0.15, 0.2) is 5.76 Å². The van der Waals surface area contributed by atoms with E-state index in [1.54, 1.807) is 0 Å². The molecule has 0 saturated carbocycles. The molecule has 1 aliphatic heterocycles. The zero-order valence-corrected chi connectivity index (χ0v) is 21.4. The van der Waals surface area contributed by atoms with Crippen LogP contribution in [0.5, 0.6) is 0 Å². The van der Waals surface area contributed by atoms with Crippen molar-refractivity contribution >= 4 is 23.7 Å². The van der Waals surface area contributed by atoms with E-state index in [9.17, 15) is 4.79 Å². The number of nitrogens with zero attached hydrogens (tertiary/aromatic N) is 3. The van der Waals surface area contributed by atoms with Gasteiger partial charge in [-0.25, -0.2) is 4.79 Å². The molecule has 0 amide bonds. The van der Waals surface area contributed by atoms with Crippen LogP contribution in [0.25, 0.3) is 11.3 Å². The Morgan fingerprint density at radius 3 is 2.35 bits per heavy atom. The number of aromatic nitrogens is 2. The minimum atomic E-state index is -0.737. The third kappa shape index (κ3) is 6.49. The number of rotatable bonds is 10. The first-order valence-corrected chi connectivity index (χ1v) is 12.0. The summed E-state index contributed by atoms with van der Waals surface area (Å²) >= 11 is 0. The van der Waals surface area contributed by atoms with E-state index in [1.807, 2.05) is 44.7 Å². The van der Waals surface area contributed by atoms with Crippen LogP contribution >= 0.6 is 0 Å². The SMILES string of the molecule is CCC(C)COC(=O)OCO/C(=C(\c1ccc(C(C)(C)C)cc1)C1C=N1)c1cc(C)nn1CC. The number of hydrogen-bond donors (Lipinski definition) is 0. The van der Waals surface area contributed by atoms with Crippen molar-refractivity contribution in [1.29, 1.82) is 0 Å². The normalized spacial score (nSPS) is 16.6. The van der Waals surface area contributed by atoms with E-state index in [-0.39, 0.29) is 24.2 Å². The quantitative estimate of drug-likeness (QED) is 0.243. The fourth-order valence-corrected chi connectivity index (χ4v) is 3.54. The summed E-state index contributed by atoms with van der Waals surface area (Å²) in [5, 5.41) is 4.58. The molecule has 1 aliphatic rings. The molecule has 1 aromatic heterocycles. The second kappa shape index (κ2) is 10.9. The van der Waals surface area contributed by atoms with Gasteiger partial charge in [-0.2, -0.15) is 5.10 Å². The van der Waals surface area contributed by atoms with Gasteiger partial charge in [-0.05, 0) is 42.4 Å². The molecule has 0 saturated heterocycles. The maximum absolute atomic E-state index is 12.0. The maximum Gasteiger partial charge on any atom is 0.511 e. The minimum absolute atomic E-state index is 0.0548. The number of ether oxygens (including phenoxy) is 3. The molecule has 7 nitrogen and oxygen atoms in total. The van der Waals surface area contributed by atoms with Crippen LogP contribution in [0.4, 0.5) is 4.79 Å². The first-order chi connectivity index (χ1) is 16.1. The Morgan fingerprint density at radius 1 is 1.12 bits per heavy atom. The van der Waals surface area contributed by atoms with Gasteiger partial charge < -0.3 is 14.2 Å². The molecule has 1 aromatic carbocycles. The number of benzene rings is 1. The van der Waals surface area contributed by atoms with Gasteiger partial charge >= 0.3 is 6.16 Å². The smallest absolute Gasteiger partial charge is 0.455 e. The highest BCUT2D eigenvalue weighted by Crippen LogP contribution is 2.36. The van der Waals surface area contributed by atoms with Crippen molar-refractivity contribution in [2.24, 2.45) is 10.9 Å². The Balaban J connectivity index is 1.92. The van der Waals surface area contributed by atoms with Crippen LogP contribution in [0.2, 0.25) is 0 Å². The van der Waals surface area contributed by atoms with Crippen molar-refractivity contribution in [2.75, 3.05) is 13.4 Å². The zero-order chi connectivity index (χ0) is 24.9. The molecule has 2 atom stereocenters. The Hall–Kier alpha value is -3.09. The Labute approximate surface area is 202 Å². The molecule has 7 heteroatoms. The lowest BCUT2D eigenvalue weighted by Crippen LogP contribution is -2.16. The fraction of sp³-hybridized carbons (Fsp3) is 0.519. The molecular weight excluding hydrogens is 430 g/mol. The van der Waals surface area contributed by atoms with Gasteiger partial charge in [0.1, 0.15) is 11.7 Å². The average Bonchev–Trinajstić information content (AvgIpc) is 3.56. The van der Waals surface area contributed by atoms with Crippen LogP contribution in [0, 0.1) is 12.8 Å². The molecule has 34 heavy (non-hydrogen) atoms. The number of aliphatic imine (C=N–C) groups is 1. The second-order valence-electron chi connectivity index (χ2n) is 9.78. The van der Waals surface area contributed by atoms with E-state index >= 15 is 0 Å². The first-order valence-electron chi connectivity index (χ1n) is 12.0. The summed E-state index contributed by atoms with van der Waals surface area (Å²) in [6.07, 6.45) is 2.07. The molecule has 0 N–H and O–H groups in total. The monoisotopic (exact) mass is 467 g/mol. The van der Waals surface area contributed by atoms with Crippen LogP contribution in [0.3, 0.4) is 0 Å². The number of carbonyl (C=O) groups excluding carboxylic acids is 1. The van der Waals surface area contributed by atoms with Crippen molar-refractivity contribution in [1.82, 2.24) is 9.78 Å². The summed E-state index contributed by atoms with van der Waals surface area (Å²) in [4.78, 5) is 16.5. The summed E-state index contributed by atoms with van der Waals surface area (Å²) in [6.45, 7) is 15.4. The lowest BCUT2D eigenvalue weighted by atomic mass is 9.86. The van der Waals surface area contributed by atoms with Crippen molar-refractivity contribution in [3.05, 3.63) is 52.8 Å². The number of hydrogen-bond acceptors (Lipinski definition) is 6. The van der Waals surface area contributed by atoms with Crippen molar-refractivity contribution in [2.45, 2.75) is 72.9 Å². The molecule has 0 aliphatic carbocycles. The van der Waals surface area contributed by atoms with Crippen LogP contribution < -0.4 is 0 Å². The standard InChI is InChI=1S/C27H37N3O4/c1-8-18(3)16-32-26(31)34-17-33-25(23-14-19(4)29-30(23)9-2)24(22-15-28-22)20-10-12-21(13-11-20)27(5,6)7/h10-15,18,22H,8-9,16-17H2,1-7H3/b25-24+. The zero-order valence-electron chi connectivity index (χ0n) is 21.4. The highest BCUT2D eigenvalue weighted by molar-refractivity contribution is 6.03. The molecule has 0 fully saturated rings. The van der Waals surface area contributed by atoms with Crippen molar-refractivity contribution in [3.8, 4) is 0 Å². The van der Waals surface area contributed by atoms with Crippen molar-refractivity contribution in [3.63, 3.8) is 0 Å². The Kier molecular flexibility index (Phi) is 8.18. The van der Waals surface area contributed by atoms with E-state index in [0.29, 0.717) is 18.9 Å². The number of aryl methyl sites for hydroxylation is 2. The van der Waals surface area contributed by atoms with E-state index in [0.717, 1.165) is 28.9 Å². The topological polar surface area (TPSA) is 74.9 Å². The molecule has 2 heterocycles. The van der Waals surface area contributed by atoms with E-state index < -0.39 is 6.16 Å². The fourth-order valence-electron chi connectivity index (χ4n) is 3.54. The van der Waals surface area contributed by atoms with Crippen molar-refractivity contribution < 1.29 is 19.0 Å². The van der Waals surface area contributed by atoms with Crippen LogP contribution in [-0.2, 0) is 26.2 Å². The lowest BCUT2D eigenvalue weighted by Gasteiger charge is -2.21. The van der Waals surface area contributed by atoms with E-state index in [2.05, 4.69) is 55.1 Å². The third-order valence-electron chi connectivity index (χ3n) is 5.90. The average molecular weight is 468 g/mol. The van der Waals surface area contributed by atoms with Crippen LogP contribution in [0.1, 0.15) is 70.5 Å². The summed E-state index contributed by atoms with van der Waals surface area (Å²) in [6, 6.07) is 10.4. The van der Waals surface area contributed by atoms with Gasteiger partial charge in [0, 0.05) is 18.3 Å². The Bertz CT molecular complexity index is 1040. The molecule has 2 unspecified atom stereocenters. The molecule has 184 valence electrons. The lowest BCUT2D eigenvalue weighted by molar-refractivity contribution is -0.0104. The van der Waals surface area contributed by atoms with E-state index in [1.165, 1.54) is 5.56 Å². The predicted octanol–water partition coefficient (Wildman–Crippen LogP) is 6.00. The summed E-state index contributed by atoms with van der Waals surface area (Å²) in [7, 11) is 0. The first kappa shape index (κ1) is 25.5. The molecule has 0 spiro atoms. The van der Waals surface area contributed by atoms with Gasteiger partial charge in [0.2, 0.25) is 6.79 Å². The summed E-state index contributed by atoms with van der Waals surface area (Å²) in [5.74, 6) is 0.878. The van der Waals surface area contributed by atoms with Gasteiger partial charge in [-0.3, -0.25) is 9.67 Å². The maximum atomic E-state index is 12.0. The highest BCUT2D eigenvalue weighted by Gasteiger charge is 2.29. The van der Waals surface area contributed by atoms with E-state index in [4.69, 9.17) is 14.2 Å². The summed E-state index contributed by atoms with van der Waals surface area (Å²) < 4.78 is 18.4. The van der Waals surface area contributed by atoms with Gasteiger partial charge in [0.25, 0.3) is 0 Å². The largest absolute Gasteiger partial charge is 0.511 e. The molecule has 3 rings (SSSR count). The van der Waals surface area contributed by atoms with Crippen LogP contribution in [-0.4, -0.2) is 41.6 Å². The van der Waals surface area contributed by atoms with Gasteiger partial charge in [-0.15, -0.1) is 0 Å². The molecule has 0 radical (unpaired) electrons. The second-order valence-corrected chi connectivity index (χ2v) is 9.78. The van der Waals surface area contributed by atoms with Gasteiger partial charge in [-0.1, -0.05) is 65.3 Å². The molecule has 0 bridgehead atoms. The van der Waals surface area contributed by atoms with Crippen LogP contribution in [0.15, 0.2) is 35.3 Å². The van der Waals surface area contributed by atoms with Gasteiger partial charge in [0.05, 0.1) is 12.3 Å². The summed E-state index contributed by atoms with van der Waals surface area (Å²) in [5.41, 5.74) is 4.93. The number of carbonyl (C=O) groups is 1. The molecular formula is C27H37N3O4. The predicted molar refractivity (Wildman–Crippen MR) is 135 cm³/mol. The Morgan fingerprint density at radius 2 is 1.79 bits per heavy atom. The molecule has 2 aromatic rings. The minimum Gasteiger partial charge on any atom is -0.455 e.